The molecule has 0 bridgehead atoms. The molecular weight excluding hydrogens is 644 g/mol. The second-order valence-corrected chi connectivity index (χ2v) is 9.23. The molecule has 1 N–H and O–H groups in total. The van der Waals surface area contributed by atoms with Gasteiger partial charge in [0, 0.05) is 6.92 Å². The Kier molecular flexibility index (Phi) is 9.07. The summed E-state index contributed by atoms with van der Waals surface area (Å²) in [5.41, 5.74) is 0.0871. The SMILES string of the molecule is CC(=O)Cl.Cc1ccc2nnn(OC(=O)On3nnc4ccc(C(F)(F)F)cc43)c2c1.On1nnc2ccc(C(F)(F)F)cc21. The normalized spacial score (nSPS) is 11.5. The minimum Gasteiger partial charge on any atom is -0.410 e. The Labute approximate surface area is 250 Å². The molecule has 0 unspecified atom stereocenters. The van der Waals surface area contributed by atoms with Gasteiger partial charge in [0.05, 0.1) is 11.1 Å². The lowest BCUT2D eigenvalue weighted by Gasteiger charge is -2.07. The van der Waals surface area contributed by atoms with Crippen LogP contribution in [0.15, 0.2) is 54.6 Å². The third-order valence-corrected chi connectivity index (χ3v) is 5.39. The van der Waals surface area contributed by atoms with Crippen LogP contribution in [0.2, 0.25) is 0 Å². The zero-order valence-electron chi connectivity index (χ0n) is 22.4. The van der Waals surface area contributed by atoms with Gasteiger partial charge in [0.2, 0.25) is 5.24 Å². The molecular formula is C24H16ClF6N9O5. The summed E-state index contributed by atoms with van der Waals surface area (Å²) in [6.07, 6.45) is -10.3. The van der Waals surface area contributed by atoms with Crippen molar-refractivity contribution in [3.8, 4) is 0 Å². The highest BCUT2D eigenvalue weighted by Gasteiger charge is 2.32. The maximum Gasteiger partial charge on any atom is 0.562 e. The highest BCUT2D eigenvalue weighted by atomic mass is 35.5. The van der Waals surface area contributed by atoms with Crippen LogP contribution in [0.1, 0.15) is 23.6 Å². The van der Waals surface area contributed by atoms with E-state index in [2.05, 4.69) is 42.5 Å². The first-order chi connectivity index (χ1) is 21.0. The third-order valence-electron chi connectivity index (χ3n) is 5.39. The summed E-state index contributed by atoms with van der Waals surface area (Å²) in [5.74, 6) is 0. The van der Waals surface area contributed by atoms with E-state index in [1.165, 1.54) is 6.92 Å². The molecule has 0 aliphatic carbocycles. The Balaban J connectivity index is 0.000000213. The van der Waals surface area contributed by atoms with Gasteiger partial charge in [-0.3, -0.25) is 14.5 Å². The van der Waals surface area contributed by atoms with Crippen LogP contribution >= 0.6 is 11.6 Å². The number of alkyl halides is 6. The van der Waals surface area contributed by atoms with Crippen molar-refractivity contribution in [2.45, 2.75) is 26.2 Å². The maximum atomic E-state index is 12.8. The minimum absolute atomic E-state index is 0.0696. The molecule has 0 saturated heterocycles. The molecule has 0 radical (unpaired) electrons. The average Bonchev–Trinajstić information content (AvgIpc) is 3.64. The molecule has 3 aromatic carbocycles. The first-order valence-corrected chi connectivity index (χ1v) is 12.3. The van der Waals surface area contributed by atoms with Gasteiger partial charge in [0.1, 0.15) is 33.1 Å². The van der Waals surface area contributed by atoms with Crippen molar-refractivity contribution in [1.29, 1.82) is 0 Å². The molecule has 0 aliphatic heterocycles. The number of benzene rings is 3. The number of carbonyl (C=O) groups excluding carboxylic acids is 2. The number of hydrogen-bond acceptors (Lipinski definition) is 11. The number of aromatic nitrogens is 9. The molecule has 0 saturated carbocycles. The van der Waals surface area contributed by atoms with E-state index in [4.69, 9.17) is 14.9 Å². The highest BCUT2D eigenvalue weighted by Crippen LogP contribution is 2.31. The molecule has 0 aliphatic rings. The van der Waals surface area contributed by atoms with E-state index in [0.717, 1.165) is 46.8 Å². The number of carbonyl (C=O) groups is 2. The summed E-state index contributed by atoms with van der Waals surface area (Å²) >= 11 is 4.64. The van der Waals surface area contributed by atoms with E-state index in [1.807, 2.05) is 6.92 Å². The molecule has 0 atom stereocenters. The van der Waals surface area contributed by atoms with E-state index < -0.39 is 29.6 Å². The second kappa shape index (κ2) is 12.6. The maximum absolute atomic E-state index is 12.8. The van der Waals surface area contributed by atoms with Crippen molar-refractivity contribution >= 4 is 56.1 Å². The number of fused-ring (bicyclic) bond motifs is 3. The van der Waals surface area contributed by atoms with Gasteiger partial charge in [-0.25, -0.2) is 0 Å². The van der Waals surface area contributed by atoms with Crippen molar-refractivity contribution in [2.24, 2.45) is 0 Å². The molecule has 45 heavy (non-hydrogen) atoms. The molecule has 6 aromatic rings. The fourth-order valence-corrected chi connectivity index (χ4v) is 3.46. The largest absolute Gasteiger partial charge is 0.562 e. The van der Waals surface area contributed by atoms with Gasteiger partial charge in [-0.05, 0) is 88.3 Å². The van der Waals surface area contributed by atoms with Gasteiger partial charge in [0.15, 0.2) is 0 Å². The topological polar surface area (TPSA) is 165 Å². The number of aryl methyl sites for hydroxylation is 1. The van der Waals surface area contributed by atoms with Crippen LogP contribution in [-0.4, -0.2) is 62.1 Å². The standard InChI is InChI=1S/C15H9F3N6O3.C7H4F3N3O.C2H3ClO/c1-8-2-4-10-12(6-8)23(21-19-10)26-14(25)27-24-13-7-9(15(16,17)18)3-5-11(13)20-22-24;8-7(9,10)4-1-2-5-6(3-4)13(14)12-11-5;1-2(3)4/h2-7H,1H3;1-3,14H;1H3. The quantitative estimate of drug-likeness (QED) is 0.119. The number of hydrogen-bond donors (Lipinski definition) is 1. The van der Waals surface area contributed by atoms with Gasteiger partial charge < -0.3 is 5.21 Å². The molecule has 14 nitrogen and oxygen atoms in total. The molecule has 3 heterocycles. The zero-order valence-corrected chi connectivity index (χ0v) is 23.2. The first kappa shape index (κ1) is 32.4. The summed E-state index contributed by atoms with van der Waals surface area (Å²) in [7, 11) is 0. The van der Waals surface area contributed by atoms with Crippen LogP contribution in [0.4, 0.5) is 31.1 Å². The van der Waals surface area contributed by atoms with Gasteiger partial charge >= 0.3 is 18.5 Å². The zero-order chi connectivity index (χ0) is 33.1. The molecule has 6 rings (SSSR count). The van der Waals surface area contributed by atoms with Crippen LogP contribution in [0.3, 0.4) is 0 Å². The van der Waals surface area contributed by atoms with E-state index >= 15 is 0 Å². The Hall–Kier alpha value is -5.53. The van der Waals surface area contributed by atoms with Crippen LogP contribution in [0, 0.1) is 6.92 Å². The first-order valence-electron chi connectivity index (χ1n) is 12.0. The Morgan fingerprint density at radius 2 is 1.11 bits per heavy atom. The summed E-state index contributed by atoms with van der Waals surface area (Å²) < 4.78 is 75.2. The van der Waals surface area contributed by atoms with Gasteiger partial charge in [-0.1, -0.05) is 20.6 Å². The highest BCUT2D eigenvalue weighted by molar-refractivity contribution is 6.62. The summed E-state index contributed by atoms with van der Waals surface area (Å²) in [6, 6.07) is 10.7. The fourth-order valence-electron chi connectivity index (χ4n) is 3.46. The second-order valence-electron chi connectivity index (χ2n) is 8.70. The van der Waals surface area contributed by atoms with Crippen molar-refractivity contribution in [3.63, 3.8) is 0 Å². The molecule has 236 valence electrons. The van der Waals surface area contributed by atoms with E-state index in [1.54, 1.807) is 18.2 Å². The predicted molar refractivity (Wildman–Crippen MR) is 140 cm³/mol. The lowest BCUT2D eigenvalue weighted by atomic mass is 10.2. The van der Waals surface area contributed by atoms with Crippen LogP contribution in [0.25, 0.3) is 33.1 Å². The lowest BCUT2D eigenvalue weighted by Crippen LogP contribution is -2.30. The van der Waals surface area contributed by atoms with E-state index in [0.29, 0.717) is 20.7 Å². The van der Waals surface area contributed by atoms with Crippen molar-refractivity contribution in [2.75, 3.05) is 0 Å². The monoisotopic (exact) mass is 659 g/mol. The predicted octanol–water partition coefficient (Wildman–Crippen LogP) is 4.64. The minimum atomic E-state index is -4.57. The van der Waals surface area contributed by atoms with Gasteiger partial charge in [-0.2, -0.15) is 31.1 Å². The smallest absolute Gasteiger partial charge is 0.410 e. The Morgan fingerprint density at radius 1 is 0.711 bits per heavy atom. The van der Waals surface area contributed by atoms with Crippen LogP contribution in [0.5, 0.6) is 0 Å². The Morgan fingerprint density at radius 3 is 1.60 bits per heavy atom. The fraction of sp³-hybridized carbons (Fsp3) is 0.167. The number of halogens is 7. The van der Waals surface area contributed by atoms with Gasteiger partial charge in [-0.15, -0.1) is 15.3 Å². The van der Waals surface area contributed by atoms with Crippen molar-refractivity contribution < 1.29 is 50.8 Å². The molecule has 0 fully saturated rings. The van der Waals surface area contributed by atoms with Crippen molar-refractivity contribution in [1.82, 2.24) is 45.5 Å². The number of nitrogens with zero attached hydrogens (tertiary/aromatic N) is 9. The van der Waals surface area contributed by atoms with Crippen molar-refractivity contribution in [3.05, 3.63) is 71.3 Å². The van der Waals surface area contributed by atoms with E-state index in [-0.39, 0.29) is 27.3 Å². The lowest BCUT2D eigenvalue weighted by molar-refractivity contribution is -0.138. The molecule has 0 spiro atoms. The number of rotatable bonds is 2. The molecule has 3 aromatic heterocycles. The summed E-state index contributed by atoms with van der Waals surface area (Å²) in [5, 5.41) is 29.8. The summed E-state index contributed by atoms with van der Waals surface area (Å²) in [4.78, 5) is 32.6. The Bertz CT molecular complexity index is 2000. The van der Waals surface area contributed by atoms with Gasteiger partial charge in [0.25, 0.3) is 0 Å². The molecule has 0 amide bonds. The third kappa shape index (κ3) is 7.90. The van der Waals surface area contributed by atoms with Crippen LogP contribution < -0.4 is 9.68 Å². The van der Waals surface area contributed by atoms with E-state index in [9.17, 15) is 35.9 Å². The van der Waals surface area contributed by atoms with Crippen LogP contribution in [-0.2, 0) is 17.1 Å². The summed E-state index contributed by atoms with van der Waals surface area (Å²) in [6.45, 7) is 3.12. The average molecular weight is 660 g/mol. The molecule has 21 heteroatoms.